The highest BCUT2D eigenvalue weighted by Gasteiger charge is 2.15. The number of nitrogens with one attached hydrogen (secondary N) is 3. The number of hydrogen-bond donors (Lipinski definition) is 4. The molecule has 20 heavy (non-hydrogen) atoms. The molecule has 0 spiro atoms. The summed E-state index contributed by atoms with van der Waals surface area (Å²) in [5.41, 5.74) is 2.55. The summed E-state index contributed by atoms with van der Waals surface area (Å²) in [4.78, 5) is 26.4. The first-order chi connectivity index (χ1) is 9.49. The Hall–Kier alpha value is -2.34. The van der Waals surface area contributed by atoms with Crippen LogP contribution in [-0.2, 0) is 9.59 Å². The predicted octanol–water partition coefficient (Wildman–Crippen LogP) is 0.912. The summed E-state index contributed by atoms with van der Waals surface area (Å²) in [5, 5.41) is 14.7. The van der Waals surface area contributed by atoms with Crippen molar-refractivity contribution in [2.75, 3.05) is 11.9 Å². The number of aliphatic hydroxyl groups excluding tert-OH is 1. The van der Waals surface area contributed by atoms with Crippen LogP contribution in [0.1, 0.15) is 12.6 Å². The highest BCUT2D eigenvalue weighted by Crippen LogP contribution is 2.19. The van der Waals surface area contributed by atoms with Crippen molar-refractivity contribution < 1.29 is 14.7 Å². The molecular weight excluding hydrogens is 258 g/mol. The smallest absolute Gasteiger partial charge is 0.313 e. The van der Waals surface area contributed by atoms with Gasteiger partial charge in [0.25, 0.3) is 0 Å². The molecule has 4 N–H and O–H groups in total. The fraction of sp³-hybridized carbons (Fsp3) is 0.286. The van der Waals surface area contributed by atoms with E-state index in [2.05, 4.69) is 15.6 Å². The molecule has 6 nitrogen and oxygen atoms in total. The van der Waals surface area contributed by atoms with Crippen LogP contribution in [0.15, 0.2) is 24.3 Å². The number of benzene rings is 1. The van der Waals surface area contributed by atoms with E-state index in [4.69, 9.17) is 5.11 Å². The third kappa shape index (κ3) is 3.16. The number of carbonyl (C=O) groups excluding carboxylic acids is 2. The third-order valence-corrected chi connectivity index (χ3v) is 2.87. The zero-order valence-corrected chi connectivity index (χ0v) is 11.4. The highest BCUT2D eigenvalue weighted by molar-refractivity contribution is 6.39. The van der Waals surface area contributed by atoms with Crippen LogP contribution in [0.4, 0.5) is 5.69 Å². The van der Waals surface area contributed by atoms with Gasteiger partial charge in [0.1, 0.15) is 0 Å². The first kappa shape index (κ1) is 14.1. The van der Waals surface area contributed by atoms with Crippen LogP contribution < -0.4 is 10.6 Å². The minimum absolute atomic E-state index is 0.215. The lowest BCUT2D eigenvalue weighted by molar-refractivity contribution is -0.136. The fourth-order valence-electron chi connectivity index (χ4n) is 1.88. The van der Waals surface area contributed by atoms with Gasteiger partial charge in [0, 0.05) is 28.3 Å². The second kappa shape index (κ2) is 5.75. The Morgan fingerprint density at radius 1 is 1.30 bits per heavy atom. The average Bonchev–Trinajstić information content (AvgIpc) is 2.77. The van der Waals surface area contributed by atoms with Crippen molar-refractivity contribution in [1.82, 2.24) is 10.3 Å². The van der Waals surface area contributed by atoms with Gasteiger partial charge in [-0.1, -0.05) is 0 Å². The molecule has 2 rings (SSSR count). The van der Waals surface area contributed by atoms with Crippen LogP contribution in [0.3, 0.4) is 0 Å². The number of aromatic amines is 1. The van der Waals surface area contributed by atoms with Crippen LogP contribution in [0.5, 0.6) is 0 Å². The van der Waals surface area contributed by atoms with Gasteiger partial charge in [0.2, 0.25) is 0 Å². The van der Waals surface area contributed by atoms with E-state index in [1.807, 2.05) is 19.1 Å². The molecule has 1 unspecified atom stereocenters. The summed E-state index contributed by atoms with van der Waals surface area (Å²) in [6, 6.07) is 6.85. The number of aromatic nitrogens is 1. The maximum atomic E-state index is 11.7. The molecule has 2 amide bonds. The second-order valence-corrected chi connectivity index (χ2v) is 4.77. The second-order valence-electron chi connectivity index (χ2n) is 4.77. The van der Waals surface area contributed by atoms with Crippen LogP contribution in [-0.4, -0.2) is 34.6 Å². The quantitative estimate of drug-likeness (QED) is 0.627. The minimum atomic E-state index is -0.767. The average molecular weight is 275 g/mol. The number of carbonyl (C=O) groups is 2. The van der Waals surface area contributed by atoms with Crippen LogP contribution >= 0.6 is 0 Å². The van der Waals surface area contributed by atoms with Crippen molar-refractivity contribution in [2.45, 2.75) is 19.9 Å². The molecule has 106 valence electrons. The molecule has 0 aliphatic heterocycles. The van der Waals surface area contributed by atoms with Gasteiger partial charge in [-0.05, 0) is 38.1 Å². The van der Waals surface area contributed by atoms with Gasteiger partial charge < -0.3 is 20.7 Å². The molecule has 0 saturated carbocycles. The normalized spacial score (nSPS) is 12.2. The number of H-pyrrole nitrogens is 1. The number of rotatable bonds is 3. The topological polar surface area (TPSA) is 94.2 Å². The van der Waals surface area contributed by atoms with E-state index in [1.54, 1.807) is 19.1 Å². The summed E-state index contributed by atoms with van der Waals surface area (Å²) in [7, 11) is 0. The molecule has 6 heteroatoms. The van der Waals surface area contributed by atoms with Crippen molar-refractivity contribution in [3.05, 3.63) is 30.0 Å². The molecule has 0 fully saturated rings. The van der Waals surface area contributed by atoms with E-state index in [0.29, 0.717) is 5.69 Å². The summed E-state index contributed by atoms with van der Waals surface area (Å²) in [6.07, 6.45) is 0. The standard InChI is InChI=1S/C14H17N3O3/c1-8-5-10-6-11(3-4-12(10)15-8)17-14(20)13(19)16-9(2)7-18/h3-6,9,15,18H,7H2,1-2H3,(H,16,19)(H,17,20). The third-order valence-electron chi connectivity index (χ3n) is 2.87. The van der Waals surface area contributed by atoms with Crippen molar-refractivity contribution in [3.8, 4) is 0 Å². The molecule has 1 aromatic carbocycles. The Morgan fingerprint density at radius 3 is 2.75 bits per heavy atom. The largest absolute Gasteiger partial charge is 0.394 e. The fourth-order valence-corrected chi connectivity index (χ4v) is 1.88. The minimum Gasteiger partial charge on any atom is -0.394 e. The molecule has 1 aromatic heterocycles. The zero-order valence-electron chi connectivity index (χ0n) is 11.4. The SMILES string of the molecule is Cc1cc2cc(NC(=O)C(=O)NC(C)CO)ccc2[nH]1. The van der Waals surface area contributed by atoms with E-state index < -0.39 is 17.9 Å². The number of hydrogen-bond acceptors (Lipinski definition) is 3. The molecule has 2 aromatic rings. The van der Waals surface area contributed by atoms with Gasteiger partial charge in [-0.15, -0.1) is 0 Å². The Bertz CT molecular complexity index is 648. The van der Waals surface area contributed by atoms with Crippen LogP contribution in [0.25, 0.3) is 10.9 Å². The van der Waals surface area contributed by atoms with Crippen LogP contribution in [0.2, 0.25) is 0 Å². The molecule has 1 atom stereocenters. The lowest BCUT2D eigenvalue weighted by atomic mass is 10.2. The van der Waals surface area contributed by atoms with Crippen molar-refractivity contribution in [3.63, 3.8) is 0 Å². The van der Waals surface area contributed by atoms with E-state index in [9.17, 15) is 9.59 Å². The summed E-state index contributed by atoms with van der Waals surface area (Å²) in [5.74, 6) is -1.52. The number of amides is 2. The van der Waals surface area contributed by atoms with E-state index in [0.717, 1.165) is 16.6 Å². The molecule has 0 aliphatic carbocycles. The van der Waals surface area contributed by atoms with Crippen molar-refractivity contribution in [2.24, 2.45) is 0 Å². The molecular formula is C14H17N3O3. The van der Waals surface area contributed by atoms with Gasteiger partial charge >= 0.3 is 11.8 Å². The molecule has 0 saturated heterocycles. The monoisotopic (exact) mass is 275 g/mol. The van der Waals surface area contributed by atoms with Gasteiger partial charge in [0.15, 0.2) is 0 Å². The van der Waals surface area contributed by atoms with Crippen LogP contribution in [0, 0.1) is 6.92 Å². The molecule has 0 aliphatic rings. The van der Waals surface area contributed by atoms with Gasteiger partial charge in [-0.25, -0.2) is 0 Å². The Balaban J connectivity index is 2.07. The highest BCUT2D eigenvalue weighted by atomic mass is 16.3. The number of aryl methyl sites for hydroxylation is 1. The zero-order chi connectivity index (χ0) is 14.7. The lowest BCUT2D eigenvalue weighted by Crippen LogP contribution is -2.42. The summed E-state index contributed by atoms with van der Waals surface area (Å²) in [6.45, 7) is 3.34. The molecule has 0 bridgehead atoms. The van der Waals surface area contributed by atoms with Crippen molar-refractivity contribution >= 4 is 28.4 Å². The number of aliphatic hydroxyl groups is 1. The first-order valence-corrected chi connectivity index (χ1v) is 6.31. The Kier molecular flexibility index (Phi) is 4.05. The summed E-state index contributed by atoms with van der Waals surface area (Å²) < 4.78 is 0. The summed E-state index contributed by atoms with van der Waals surface area (Å²) >= 11 is 0. The van der Waals surface area contributed by atoms with Gasteiger partial charge in [-0.3, -0.25) is 9.59 Å². The lowest BCUT2D eigenvalue weighted by Gasteiger charge is -2.10. The van der Waals surface area contributed by atoms with E-state index >= 15 is 0 Å². The first-order valence-electron chi connectivity index (χ1n) is 6.31. The maximum Gasteiger partial charge on any atom is 0.313 e. The van der Waals surface area contributed by atoms with Gasteiger partial charge in [-0.2, -0.15) is 0 Å². The maximum absolute atomic E-state index is 11.7. The van der Waals surface area contributed by atoms with E-state index in [1.165, 1.54) is 0 Å². The number of anilines is 1. The predicted molar refractivity (Wildman–Crippen MR) is 76.4 cm³/mol. The van der Waals surface area contributed by atoms with Crippen molar-refractivity contribution in [1.29, 1.82) is 0 Å². The Labute approximate surface area is 116 Å². The molecule has 1 heterocycles. The van der Waals surface area contributed by atoms with Gasteiger partial charge in [0.05, 0.1) is 6.61 Å². The Morgan fingerprint density at radius 2 is 2.05 bits per heavy atom. The molecule has 0 radical (unpaired) electrons. The number of fused-ring (bicyclic) bond motifs is 1. The van der Waals surface area contributed by atoms with E-state index in [-0.39, 0.29) is 6.61 Å².